The zero-order valence-corrected chi connectivity index (χ0v) is 7.74. The van der Waals surface area contributed by atoms with Crippen LogP contribution in [0.3, 0.4) is 0 Å². The van der Waals surface area contributed by atoms with Crippen LogP contribution in [0.5, 0.6) is 0 Å². The lowest BCUT2D eigenvalue weighted by Crippen LogP contribution is -2.24. The Balaban J connectivity index is 3.52. The van der Waals surface area contributed by atoms with Gasteiger partial charge in [-0.05, 0) is 20.8 Å². The summed E-state index contributed by atoms with van der Waals surface area (Å²) in [5.41, 5.74) is 0. The zero-order valence-electron chi connectivity index (χ0n) is 7.74. The number of ether oxygens (including phenoxy) is 1. The Morgan fingerprint density at radius 1 is 1.50 bits per heavy atom. The van der Waals surface area contributed by atoms with E-state index in [1.165, 1.54) is 7.48 Å². The van der Waals surface area contributed by atoms with E-state index >= 15 is 0 Å². The van der Waals surface area contributed by atoms with E-state index < -0.39 is 5.97 Å². The van der Waals surface area contributed by atoms with Crippen molar-refractivity contribution in [3.05, 3.63) is 12.7 Å². The number of hydrogen-bond donors (Lipinski definition) is 0. The Kier molecular flexibility index (Phi) is 5.46. The molecular formula is C8H14BO3. The van der Waals surface area contributed by atoms with Gasteiger partial charge in [-0.1, -0.05) is 6.58 Å². The smallest absolute Gasteiger partial charge is 0.339 e. The minimum absolute atomic E-state index is 0.106. The van der Waals surface area contributed by atoms with Crippen molar-refractivity contribution < 1.29 is 14.2 Å². The highest BCUT2D eigenvalue weighted by Crippen LogP contribution is 1.94. The Labute approximate surface area is 74.0 Å². The van der Waals surface area contributed by atoms with Crippen LogP contribution in [0.15, 0.2) is 12.7 Å². The topological polar surface area (TPSA) is 35.5 Å². The molecule has 0 spiro atoms. The summed E-state index contributed by atoms with van der Waals surface area (Å²) in [5, 5.41) is 0. The van der Waals surface area contributed by atoms with Gasteiger partial charge in [0.1, 0.15) is 0 Å². The highest BCUT2D eigenvalue weighted by atomic mass is 16.6. The molecule has 1 radical (unpaired) electrons. The molecule has 0 aromatic heterocycles. The molecule has 3 nitrogen and oxygen atoms in total. The number of carbonyl (C=O) groups is 1. The van der Waals surface area contributed by atoms with Gasteiger partial charge in [0.2, 0.25) is 0 Å². The third kappa shape index (κ3) is 5.98. The Hall–Kier alpha value is -0.765. The maximum absolute atomic E-state index is 10.7. The number of esters is 1. The number of rotatable bonds is 5. The van der Waals surface area contributed by atoms with E-state index in [4.69, 9.17) is 9.39 Å². The van der Waals surface area contributed by atoms with Crippen LogP contribution in [-0.2, 0) is 14.2 Å². The van der Waals surface area contributed by atoms with Crippen molar-refractivity contribution in [2.45, 2.75) is 32.9 Å². The van der Waals surface area contributed by atoms with E-state index in [-0.39, 0.29) is 12.1 Å². The number of carbonyl (C=O) groups excluding carboxylic acids is 1. The second-order valence-electron chi connectivity index (χ2n) is 2.67. The van der Waals surface area contributed by atoms with Gasteiger partial charge in [-0.25, -0.2) is 4.79 Å². The second-order valence-corrected chi connectivity index (χ2v) is 2.67. The molecule has 67 valence electrons. The molecular weight excluding hydrogens is 155 g/mol. The minimum atomic E-state index is -0.439. The van der Waals surface area contributed by atoms with Gasteiger partial charge in [0.15, 0.2) is 0 Å². The molecule has 0 amide bonds. The van der Waals surface area contributed by atoms with Crippen LogP contribution in [0.4, 0.5) is 0 Å². The quantitative estimate of drug-likeness (QED) is 0.351. The van der Waals surface area contributed by atoms with Gasteiger partial charge in [-0.2, -0.15) is 0 Å². The highest BCUT2D eigenvalue weighted by molar-refractivity contribution is 6.29. The lowest BCUT2D eigenvalue weighted by molar-refractivity contribution is -0.139. The Morgan fingerprint density at radius 3 is 2.50 bits per heavy atom. The normalized spacial score (nSPS) is 12.3. The molecule has 4 heteroatoms. The van der Waals surface area contributed by atoms with Crippen LogP contribution in [0, 0.1) is 0 Å². The first kappa shape index (κ1) is 11.2. The van der Waals surface area contributed by atoms with Crippen LogP contribution in [-0.4, -0.2) is 25.6 Å². The van der Waals surface area contributed by atoms with Crippen LogP contribution < -0.4 is 0 Å². The van der Waals surface area contributed by atoms with E-state index in [9.17, 15) is 4.79 Å². The van der Waals surface area contributed by atoms with Gasteiger partial charge in [0.05, 0.1) is 6.00 Å². The molecule has 0 aliphatic heterocycles. The minimum Gasteiger partial charge on any atom is -0.466 e. The fourth-order valence-corrected chi connectivity index (χ4v) is 0.527. The van der Waals surface area contributed by atoms with Crippen LogP contribution in [0.25, 0.3) is 0 Å². The molecule has 1 unspecified atom stereocenters. The summed E-state index contributed by atoms with van der Waals surface area (Å²) in [4.78, 5) is 10.7. The zero-order chi connectivity index (χ0) is 9.56. The summed E-state index contributed by atoms with van der Waals surface area (Å²) in [6.45, 7) is 8.81. The summed E-state index contributed by atoms with van der Waals surface area (Å²) in [7, 11) is 1.49. The van der Waals surface area contributed by atoms with E-state index in [1.54, 1.807) is 6.92 Å². The molecule has 0 heterocycles. The summed E-state index contributed by atoms with van der Waals surface area (Å²) < 4.78 is 9.92. The van der Waals surface area contributed by atoms with Crippen molar-refractivity contribution >= 4 is 13.5 Å². The summed E-state index contributed by atoms with van der Waals surface area (Å²) in [5.74, 6) is -0.439. The molecule has 0 saturated heterocycles. The molecule has 0 fully saturated rings. The third-order valence-electron chi connectivity index (χ3n) is 1.01. The van der Waals surface area contributed by atoms with Crippen LogP contribution in [0.2, 0.25) is 0 Å². The van der Waals surface area contributed by atoms with Crippen LogP contribution in [0.1, 0.15) is 20.8 Å². The van der Waals surface area contributed by atoms with Gasteiger partial charge >= 0.3 is 13.5 Å². The Bertz CT molecular complexity index is 156. The standard InChI is InChI=1S/C8H14BO3/c1-5-8(10)11-7(4)9-12-6(2)3/h5-7H,1H2,2-4H3. The average molecular weight is 169 g/mol. The summed E-state index contributed by atoms with van der Waals surface area (Å²) in [6, 6.07) is -0.335. The first-order valence-corrected chi connectivity index (χ1v) is 3.88. The van der Waals surface area contributed by atoms with Crippen LogP contribution >= 0.6 is 0 Å². The molecule has 0 aromatic rings. The fourth-order valence-electron chi connectivity index (χ4n) is 0.527. The van der Waals surface area contributed by atoms with Crippen molar-refractivity contribution in [1.82, 2.24) is 0 Å². The Morgan fingerprint density at radius 2 is 2.08 bits per heavy atom. The van der Waals surface area contributed by atoms with Crippen molar-refractivity contribution in [3.8, 4) is 0 Å². The summed E-state index contributed by atoms with van der Waals surface area (Å²) in [6.07, 6.45) is 1.23. The molecule has 0 N–H and O–H groups in total. The largest absolute Gasteiger partial charge is 0.466 e. The predicted molar refractivity (Wildman–Crippen MR) is 47.7 cm³/mol. The lowest BCUT2D eigenvalue weighted by Gasteiger charge is -2.12. The van der Waals surface area contributed by atoms with Crippen molar-refractivity contribution in [2.75, 3.05) is 0 Å². The molecule has 12 heavy (non-hydrogen) atoms. The third-order valence-corrected chi connectivity index (χ3v) is 1.01. The number of hydrogen-bond acceptors (Lipinski definition) is 3. The van der Waals surface area contributed by atoms with E-state index in [2.05, 4.69) is 6.58 Å². The predicted octanol–water partition coefficient (Wildman–Crippen LogP) is 1.11. The first-order valence-electron chi connectivity index (χ1n) is 3.88. The van der Waals surface area contributed by atoms with Gasteiger partial charge in [-0.3, -0.25) is 0 Å². The van der Waals surface area contributed by atoms with Gasteiger partial charge in [0.25, 0.3) is 0 Å². The molecule has 0 aromatic carbocycles. The SMILES string of the molecule is C=CC(=O)OC(C)[B]OC(C)C. The van der Waals surface area contributed by atoms with Gasteiger partial charge in [-0.15, -0.1) is 0 Å². The van der Waals surface area contributed by atoms with Crippen molar-refractivity contribution in [3.63, 3.8) is 0 Å². The molecule has 1 atom stereocenters. The summed E-state index contributed by atoms with van der Waals surface area (Å²) >= 11 is 0. The maximum Gasteiger partial charge on any atom is 0.339 e. The molecule has 0 bridgehead atoms. The highest BCUT2D eigenvalue weighted by Gasteiger charge is 2.10. The van der Waals surface area contributed by atoms with Crippen molar-refractivity contribution in [1.29, 1.82) is 0 Å². The monoisotopic (exact) mass is 169 g/mol. The van der Waals surface area contributed by atoms with Gasteiger partial charge in [0, 0.05) is 12.2 Å². The maximum atomic E-state index is 10.7. The molecule has 0 rings (SSSR count). The molecule has 0 aliphatic carbocycles. The average Bonchev–Trinajstić information content (AvgIpc) is 2.00. The van der Waals surface area contributed by atoms with Gasteiger partial charge < -0.3 is 9.39 Å². The van der Waals surface area contributed by atoms with E-state index in [1.807, 2.05) is 13.8 Å². The van der Waals surface area contributed by atoms with Crippen molar-refractivity contribution in [2.24, 2.45) is 0 Å². The lowest BCUT2D eigenvalue weighted by atomic mass is 9.92. The molecule has 0 saturated carbocycles. The first-order chi connectivity index (χ1) is 5.56. The van der Waals surface area contributed by atoms with E-state index in [0.717, 1.165) is 6.08 Å². The second kappa shape index (κ2) is 5.83. The molecule has 0 aliphatic rings. The van der Waals surface area contributed by atoms with E-state index in [0.29, 0.717) is 0 Å². The fraction of sp³-hybridized carbons (Fsp3) is 0.625.